The highest BCUT2D eigenvalue weighted by molar-refractivity contribution is 5.94. The predicted molar refractivity (Wildman–Crippen MR) is 72.3 cm³/mol. The second-order valence-corrected chi connectivity index (χ2v) is 5.45. The first kappa shape index (κ1) is 11.7. The number of nitrogens with zero attached hydrogens (tertiary/aromatic N) is 1. The van der Waals surface area contributed by atoms with E-state index in [1.165, 1.54) is 31.5 Å². The van der Waals surface area contributed by atoms with Gasteiger partial charge < -0.3 is 5.32 Å². The summed E-state index contributed by atoms with van der Waals surface area (Å²) in [7, 11) is 0. The fourth-order valence-corrected chi connectivity index (χ4v) is 2.54. The van der Waals surface area contributed by atoms with E-state index in [9.17, 15) is 4.79 Å². The summed E-state index contributed by atoms with van der Waals surface area (Å²) < 4.78 is 0. The van der Waals surface area contributed by atoms with Gasteiger partial charge >= 0.3 is 0 Å². The molecule has 96 valence electrons. The van der Waals surface area contributed by atoms with Gasteiger partial charge in [-0.05, 0) is 56.5 Å². The molecule has 3 rings (SSSR count). The van der Waals surface area contributed by atoms with E-state index in [0.717, 1.165) is 25.1 Å². The smallest absolute Gasteiger partial charge is 0.227 e. The number of nitrogens with one attached hydrogen (secondary N) is 1. The van der Waals surface area contributed by atoms with Crippen LogP contribution in [0, 0.1) is 5.92 Å². The van der Waals surface area contributed by atoms with Gasteiger partial charge in [-0.15, -0.1) is 0 Å². The van der Waals surface area contributed by atoms with Crippen molar-refractivity contribution in [3.05, 3.63) is 29.8 Å². The van der Waals surface area contributed by atoms with E-state index in [2.05, 4.69) is 22.3 Å². The van der Waals surface area contributed by atoms with Crippen LogP contribution in [-0.2, 0) is 11.3 Å². The average Bonchev–Trinajstić information content (AvgIpc) is 3.10. The molecule has 0 bridgehead atoms. The fourth-order valence-electron chi connectivity index (χ4n) is 2.54. The number of likely N-dealkylation sites (tertiary alicyclic amines) is 1. The Balaban J connectivity index is 1.62. The molecule has 0 unspecified atom stereocenters. The lowest BCUT2D eigenvalue weighted by atomic mass is 10.2. The van der Waals surface area contributed by atoms with Crippen LogP contribution in [0.15, 0.2) is 24.3 Å². The van der Waals surface area contributed by atoms with E-state index in [0.29, 0.717) is 0 Å². The van der Waals surface area contributed by atoms with Gasteiger partial charge in [-0.1, -0.05) is 12.1 Å². The normalized spacial score (nSPS) is 20.0. The van der Waals surface area contributed by atoms with Crippen molar-refractivity contribution in [3.8, 4) is 0 Å². The van der Waals surface area contributed by atoms with Gasteiger partial charge in [0.15, 0.2) is 0 Å². The van der Waals surface area contributed by atoms with Gasteiger partial charge in [-0.3, -0.25) is 9.69 Å². The molecular weight excluding hydrogens is 224 g/mol. The second-order valence-electron chi connectivity index (χ2n) is 5.45. The van der Waals surface area contributed by atoms with Crippen LogP contribution in [0.2, 0.25) is 0 Å². The average molecular weight is 244 g/mol. The molecule has 1 saturated carbocycles. The van der Waals surface area contributed by atoms with E-state index in [1.807, 2.05) is 12.1 Å². The van der Waals surface area contributed by atoms with Crippen LogP contribution in [0.25, 0.3) is 0 Å². The summed E-state index contributed by atoms with van der Waals surface area (Å²) in [5.74, 6) is 0.459. The Bertz CT molecular complexity index is 434. The molecule has 18 heavy (non-hydrogen) atoms. The van der Waals surface area contributed by atoms with Gasteiger partial charge in [0.25, 0.3) is 0 Å². The summed E-state index contributed by atoms with van der Waals surface area (Å²) in [5, 5.41) is 3.01. The molecule has 3 nitrogen and oxygen atoms in total. The summed E-state index contributed by atoms with van der Waals surface area (Å²) >= 11 is 0. The van der Waals surface area contributed by atoms with Crippen molar-refractivity contribution in [1.82, 2.24) is 4.90 Å². The molecule has 1 heterocycles. The number of carbonyl (C=O) groups is 1. The molecule has 1 saturated heterocycles. The number of hydrogen-bond donors (Lipinski definition) is 1. The first-order valence-electron chi connectivity index (χ1n) is 6.93. The van der Waals surface area contributed by atoms with E-state index < -0.39 is 0 Å². The van der Waals surface area contributed by atoms with Gasteiger partial charge in [-0.2, -0.15) is 0 Å². The zero-order valence-corrected chi connectivity index (χ0v) is 10.7. The van der Waals surface area contributed by atoms with Crippen molar-refractivity contribution in [2.24, 2.45) is 5.92 Å². The summed E-state index contributed by atoms with van der Waals surface area (Å²) in [6.07, 6.45) is 4.74. The number of benzene rings is 1. The van der Waals surface area contributed by atoms with Gasteiger partial charge in [0.2, 0.25) is 5.91 Å². The quantitative estimate of drug-likeness (QED) is 0.883. The lowest BCUT2D eigenvalue weighted by Crippen LogP contribution is -2.18. The van der Waals surface area contributed by atoms with Crippen LogP contribution in [-0.4, -0.2) is 23.9 Å². The summed E-state index contributed by atoms with van der Waals surface area (Å²) in [5.41, 5.74) is 2.24. The topological polar surface area (TPSA) is 32.3 Å². The Kier molecular flexibility index (Phi) is 3.33. The molecule has 3 heteroatoms. The maximum Gasteiger partial charge on any atom is 0.227 e. The van der Waals surface area contributed by atoms with Crippen molar-refractivity contribution in [2.75, 3.05) is 18.4 Å². The Morgan fingerprint density at radius 1 is 1.28 bits per heavy atom. The third kappa shape index (κ3) is 2.91. The Labute approximate surface area is 108 Å². The lowest BCUT2D eigenvalue weighted by molar-refractivity contribution is -0.117. The number of amides is 1. The van der Waals surface area contributed by atoms with Crippen LogP contribution in [0.4, 0.5) is 5.69 Å². The van der Waals surface area contributed by atoms with E-state index in [4.69, 9.17) is 0 Å². The maximum atomic E-state index is 11.7. The van der Waals surface area contributed by atoms with Crippen LogP contribution >= 0.6 is 0 Å². The molecule has 1 aromatic carbocycles. The standard InChI is InChI=1S/C15H20N2O/c18-15(13-6-7-13)16-14-5-3-4-12(10-14)11-17-8-1-2-9-17/h3-5,10,13H,1-2,6-9,11H2,(H,16,18). The molecule has 1 amide bonds. The molecule has 1 aliphatic heterocycles. The Morgan fingerprint density at radius 2 is 2.06 bits per heavy atom. The zero-order valence-electron chi connectivity index (χ0n) is 10.7. The monoisotopic (exact) mass is 244 g/mol. The lowest BCUT2D eigenvalue weighted by Gasteiger charge is -2.15. The van der Waals surface area contributed by atoms with Gasteiger partial charge in [0.05, 0.1) is 0 Å². The van der Waals surface area contributed by atoms with Crippen molar-refractivity contribution in [3.63, 3.8) is 0 Å². The number of rotatable bonds is 4. The highest BCUT2D eigenvalue weighted by Gasteiger charge is 2.29. The van der Waals surface area contributed by atoms with Gasteiger partial charge in [0, 0.05) is 18.2 Å². The zero-order chi connectivity index (χ0) is 12.4. The molecule has 2 fully saturated rings. The molecule has 0 spiro atoms. The number of anilines is 1. The first-order chi connectivity index (χ1) is 8.81. The minimum Gasteiger partial charge on any atom is -0.326 e. The summed E-state index contributed by atoms with van der Waals surface area (Å²) in [6, 6.07) is 8.27. The van der Waals surface area contributed by atoms with Crippen molar-refractivity contribution < 1.29 is 4.79 Å². The number of carbonyl (C=O) groups excluding carboxylic acids is 1. The maximum absolute atomic E-state index is 11.7. The molecule has 0 atom stereocenters. The fraction of sp³-hybridized carbons (Fsp3) is 0.533. The van der Waals surface area contributed by atoms with Crippen LogP contribution < -0.4 is 5.32 Å². The van der Waals surface area contributed by atoms with E-state index >= 15 is 0 Å². The largest absolute Gasteiger partial charge is 0.326 e. The predicted octanol–water partition coefficient (Wildman–Crippen LogP) is 2.63. The highest BCUT2D eigenvalue weighted by atomic mass is 16.2. The highest BCUT2D eigenvalue weighted by Crippen LogP contribution is 2.30. The minimum atomic E-state index is 0.188. The molecule has 1 N–H and O–H groups in total. The molecule has 0 radical (unpaired) electrons. The minimum absolute atomic E-state index is 0.188. The first-order valence-corrected chi connectivity index (χ1v) is 6.93. The third-order valence-corrected chi connectivity index (χ3v) is 3.75. The molecule has 1 aromatic rings. The third-order valence-electron chi connectivity index (χ3n) is 3.75. The molecule has 2 aliphatic rings. The van der Waals surface area contributed by atoms with E-state index in [-0.39, 0.29) is 11.8 Å². The van der Waals surface area contributed by atoms with Gasteiger partial charge in [-0.25, -0.2) is 0 Å². The Hall–Kier alpha value is -1.35. The molecule has 1 aliphatic carbocycles. The summed E-state index contributed by atoms with van der Waals surface area (Å²) in [4.78, 5) is 14.2. The van der Waals surface area contributed by atoms with E-state index in [1.54, 1.807) is 0 Å². The van der Waals surface area contributed by atoms with Crippen molar-refractivity contribution >= 4 is 11.6 Å². The van der Waals surface area contributed by atoms with Crippen LogP contribution in [0.3, 0.4) is 0 Å². The van der Waals surface area contributed by atoms with Crippen molar-refractivity contribution in [1.29, 1.82) is 0 Å². The number of hydrogen-bond acceptors (Lipinski definition) is 2. The van der Waals surface area contributed by atoms with Crippen LogP contribution in [0.1, 0.15) is 31.2 Å². The van der Waals surface area contributed by atoms with Gasteiger partial charge in [0.1, 0.15) is 0 Å². The molecule has 0 aromatic heterocycles. The second kappa shape index (κ2) is 5.11. The summed E-state index contributed by atoms with van der Waals surface area (Å²) in [6.45, 7) is 3.42. The van der Waals surface area contributed by atoms with Crippen LogP contribution in [0.5, 0.6) is 0 Å². The van der Waals surface area contributed by atoms with Crippen molar-refractivity contribution in [2.45, 2.75) is 32.2 Å². The SMILES string of the molecule is O=C(Nc1cccc(CN2CCCC2)c1)C1CC1. The Morgan fingerprint density at radius 3 is 2.78 bits per heavy atom. The molecular formula is C15H20N2O.